The predicted molar refractivity (Wildman–Crippen MR) is 120 cm³/mol. The van der Waals surface area contributed by atoms with Crippen LogP contribution in [-0.4, -0.2) is 37.2 Å². The lowest BCUT2D eigenvalue weighted by Crippen LogP contribution is -2.30. The van der Waals surface area contributed by atoms with Gasteiger partial charge in [-0.05, 0) is 38.1 Å². The number of carbonyl (C=O) groups is 2. The van der Waals surface area contributed by atoms with Crippen molar-refractivity contribution in [1.29, 1.82) is 0 Å². The largest absolute Gasteiger partial charge is 0.497 e. The topological polar surface area (TPSA) is 86.8 Å². The van der Waals surface area contributed by atoms with Crippen LogP contribution in [0.4, 0.5) is 5.69 Å². The number of methoxy groups -OCH3 is 2. The van der Waals surface area contributed by atoms with Gasteiger partial charge in [-0.2, -0.15) is 0 Å². The summed E-state index contributed by atoms with van der Waals surface area (Å²) in [6.07, 6.45) is -1.04. The molecule has 1 unspecified atom stereocenters. The first-order chi connectivity index (χ1) is 14.8. The average molecular weight is 461 g/mol. The minimum atomic E-state index is -1.04. The van der Waals surface area contributed by atoms with E-state index in [1.165, 1.54) is 32.5 Å². The molecule has 1 amide bonds. The number of hydrogen-bond acceptors (Lipinski definition) is 7. The van der Waals surface area contributed by atoms with Crippen molar-refractivity contribution in [3.63, 3.8) is 0 Å². The van der Waals surface area contributed by atoms with Gasteiger partial charge in [-0.25, -0.2) is 9.78 Å². The van der Waals surface area contributed by atoms with Gasteiger partial charge < -0.3 is 19.5 Å². The molecule has 31 heavy (non-hydrogen) atoms. The Morgan fingerprint density at radius 1 is 1.10 bits per heavy atom. The van der Waals surface area contributed by atoms with Gasteiger partial charge in [-0.3, -0.25) is 4.79 Å². The fourth-order valence-electron chi connectivity index (χ4n) is 2.72. The predicted octanol–water partition coefficient (Wildman–Crippen LogP) is 4.97. The molecule has 0 saturated carbocycles. The fourth-order valence-corrected chi connectivity index (χ4v) is 3.80. The average Bonchev–Trinajstić information content (AvgIpc) is 3.15. The first kappa shape index (κ1) is 22.6. The van der Waals surface area contributed by atoms with Crippen molar-refractivity contribution in [2.45, 2.75) is 20.0 Å². The number of thiazole rings is 1. The summed E-state index contributed by atoms with van der Waals surface area (Å²) in [7, 11) is 3.01. The highest BCUT2D eigenvalue weighted by Crippen LogP contribution is 2.31. The second-order valence-electron chi connectivity index (χ2n) is 6.54. The van der Waals surface area contributed by atoms with Gasteiger partial charge in [-0.15, -0.1) is 11.3 Å². The fraction of sp³-hybridized carbons (Fsp3) is 0.227. The number of halogens is 1. The standard InChI is InChI=1S/C22H21ClN2O5S/c1-12-19(31-21(24-12)14-5-7-15(23)8-6-14)22(27)30-13(2)20(26)25-17-11-16(28-3)9-10-18(17)29-4/h5-11,13H,1-4H3,(H,25,26). The second kappa shape index (κ2) is 9.80. The van der Waals surface area contributed by atoms with Gasteiger partial charge in [0.25, 0.3) is 5.91 Å². The molecule has 9 heteroatoms. The van der Waals surface area contributed by atoms with Gasteiger partial charge >= 0.3 is 5.97 Å². The van der Waals surface area contributed by atoms with Gasteiger partial charge in [0.05, 0.1) is 25.6 Å². The van der Waals surface area contributed by atoms with Crippen LogP contribution < -0.4 is 14.8 Å². The molecule has 1 atom stereocenters. The SMILES string of the molecule is COc1ccc(OC)c(NC(=O)C(C)OC(=O)c2sc(-c3ccc(Cl)cc3)nc2C)c1. The smallest absolute Gasteiger partial charge is 0.351 e. The van der Waals surface area contributed by atoms with Gasteiger partial charge in [0.2, 0.25) is 0 Å². The maximum Gasteiger partial charge on any atom is 0.351 e. The van der Waals surface area contributed by atoms with Crippen LogP contribution in [0.5, 0.6) is 11.5 Å². The summed E-state index contributed by atoms with van der Waals surface area (Å²) in [6.45, 7) is 3.22. The molecule has 0 radical (unpaired) electrons. The number of amides is 1. The number of nitrogens with zero attached hydrogens (tertiary/aromatic N) is 1. The van der Waals surface area contributed by atoms with Crippen molar-refractivity contribution < 1.29 is 23.8 Å². The summed E-state index contributed by atoms with van der Waals surface area (Å²) >= 11 is 7.12. The Morgan fingerprint density at radius 2 is 1.81 bits per heavy atom. The number of ether oxygens (including phenoxy) is 3. The van der Waals surface area contributed by atoms with Gasteiger partial charge in [0.15, 0.2) is 6.10 Å². The molecular weight excluding hydrogens is 440 g/mol. The number of benzene rings is 2. The summed E-state index contributed by atoms with van der Waals surface area (Å²) in [4.78, 5) is 30.0. The molecule has 0 aliphatic heterocycles. The van der Waals surface area contributed by atoms with E-state index in [-0.39, 0.29) is 0 Å². The maximum atomic E-state index is 12.7. The van der Waals surface area contributed by atoms with Crippen LogP contribution in [0.15, 0.2) is 42.5 Å². The summed E-state index contributed by atoms with van der Waals surface area (Å²) in [5, 5.41) is 3.98. The van der Waals surface area contributed by atoms with Gasteiger partial charge in [-0.1, -0.05) is 23.7 Å². The van der Waals surface area contributed by atoms with Crippen molar-refractivity contribution >= 4 is 40.5 Å². The van der Waals surface area contributed by atoms with Crippen LogP contribution in [-0.2, 0) is 9.53 Å². The third kappa shape index (κ3) is 5.34. The Kier molecular flexibility index (Phi) is 7.14. The lowest BCUT2D eigenvalue weighted by Gasteiger charge is -2.15. The number of carbonyl (C=O) groups excluding carboxylic acids is 2. The van der Waals surface area contributed by atoms with E-state index in [1.807, 2.05) is 12.1 Å². The molecule has 0 fully saturated rings. The summed E-state index contributed by atoms with van der Waals surface area (Å²) in [6, 6.07) is 12.2. The Balaban J connectivity index is 1.71. The molecule has 0 aliphatic rings. The normalized spacial score (nSPS) is 11.5. The summed E-state index contributed by atoms with van der Waals surface area (Å²) in [5.41, 5.74) is 1.78. The van der Waals surface area contributed by atoms with Crippen molar-refractivity contribution in [2.24, 2.45) is 0 Å². The van der Waals surface area contributed by atoms with Crippen LogP contribution in [0.1, 0.15) is 22.3 Å². The van der Waals surface area contributed by atoms with E-state index in [0.717, 1.165) is 5.56 Å². The van der Waals surface area contributed by atoms with E-state index < -0.39 is 18.0 Å². The first-order valence-corrected chi connectivity index (χ1v) is 10.5. The van der Waals surface area contributed by atoms with Crippen LogP contribution in [0.3, 0.4) is 0 Å². The van der Waals surface area contributed by atoms with E-state index in [2.05, 4.69) is 10.3 Å². The van der Waals surface area contributed by atoms with Crippen LogP contribution >= 0.6 is 22.9 Å². The number of aromatic nitrogens is 1. The monoisotopic (exact) mass is 460 g/mol. The Bertz CT molecular complexity index is 1100. The van der Waals surface area contributed by atoms with Crippen molar-refractivity contribution in [3.05, 3.63) is 58.1 Å². The molecule has 3 aromatic rings. The van der Waals surface area contributed by atoms with Crippen molar-refractivity contribution in [1.82, 2.24) is 4.98 Å². The number of aryl methyl sites for hydroxylation is 1. The van der Waals surface area contributed by atoms with E-state index >= 15 is 0 Å². The highest BCUT2D eigenvalue weighted by atomic mass is 35.5. The zero-order valence-corrected chi connectivity index (χ0v) is 19.0. The third-order valence-corrected chi connectivity index (χ3v) is 5.83. The minimum absolute atomic E-state index is 0.337. The Labute approximate surface area is 188 Å². The lowest BCUT2D eigenvalue weighted by molar-refractivity contribution is -0.123. The summed E-state index contributed by atoms with van der Waals surface area (Å²) in [5.74, 6) is -0.107. The molecule has 162 valence electrons. The molecule has 3 rings (SSSR count). The van der Waals surface area contributed by atoms with Crippen molar-refractivity contribution in [2.75, 3.05) is 19.5 Å². The molecule has 1 heterocycles. The zero-order chi connectivity index (χ0) is 22.5. The minimum Gasteiger partial charge on any atom is -0.497 e. The number of hydrogen-bond donors (Lipinski definition) is 1. The van der Waals surface area contributed by atoms with Crippen LogP contribution in [0.2, 0.25) is 5.02 Å². The molecule has 2 aromatic carbocycles. The summed E-state index contributed by atoms with van der Waals surface area (Å²) < 4.78 is 15.8. The molecule has 0 bridgehead atoms. The third-order valence-electron chi connectivity index (χ3n) is 4.39. The zero-order valence-electron chi connectivity index (χ0n) is 17.4. The van der Waals surface area contributed by atoms with Gasteiger partial charge in [0.1, 0.15) is 21.4 Å². The molecule has 1 N–H and O–H groups in total. The van der Waals surface area contributed by atoms with Gasteiger partial charge in [0, 0.05) is 16.7 Å². The molecule has 0 spiro atoms. The number of anilines is 1. The number of rotatable bonds is 7. The number of nitrogens with one attached hydrogen (secondary N) is 1. The van der Waals surface area contributed by atoms with Crippen LogP contribution in [0, 0.1) is 6.92 Å². The van der Waals surface area contributed by atoms with E-state index in [1.54, 1.807) is 37.3 Å². The molecule has 0 saturated heterocycles. The highest BCUT2D eigenvalue weighted by Gasteiger charge is 2.24. The molecule has 0 aliphatic carbocycles. The number of esters is 1. The maximum absolute atomic E-state index is 12.7. The molecule has 7 nitrogen and oxygen atoms in total. The van der Waals surface area contributed by atoms with E-state index in [0.29, 0.717) is 37.8 Å². The Morgan fingerprint density at radius 3 is 2.45 bits per heavy atom. The van der Waals surface area contributed by atoms with Crippen LogP contribution in [0.25, 0.3) is 10.6 Å². The van der Waals surface area contributed by atoms with E-state index in [9.17, 15) is 9.59 Å². The molecule has 1 aromatic heterocycles. The van der Waals surface area contributed by atoms with Crippen molar-refractivity contribution in [3.8, 4) is 22.1 Å². The molecular formula is C22H21ClN2O5S. The quantitative estimate of drug-likeness (QED) is 0.501. The first-order valence-electron chi connectivity index (χ1n) is 9.29. The van der Waals surface area contributed by atoms with E-state index in [4.69, 9.17) is 25.8 Å². The highest BCUT2D eigenvalue weighted by molar-refractivity contribution is 7.17. The Hall–Kier alpha value is -3.10. The lowest BCUT2D eigenvalue weighted by atomic mass is 10.2. The second-order valence-corrected chi connectivity index (χ2v) is 7.98.